The van der Waals surface area contributed by atoms with Gasteiger partial charge in [-0.25, -0.2) is 15.0 Å². The summed E-state index contributed by atoms with van der Waals surface area (Å²) in [5, 5.41) is 0. The van der Waals surface area contributed by atoms with E-state index < -0.39 is 20.6 Å². The maximum atomic E-state index is 14.0. The van der Waals surface area contributed by atoms with Gasteiger partial charge in [-0.05, 0) is 41.8 Å². The van der Waals surface area contributed by atoms with Crippen LogP contribution in [0, 0.1) is 6.57 Å². The first-order chi connectivity index (χ1) is 14.5. The van der Waals surface area contributed by atoms with Crippen LogP contribution >= 0.6 is 0 Å². The number of hydrogen-bond donors (Lipinski definition) is 0. The molecule has 154 valence electrons. The zero-order valence-corrected chi connectivity index (χ0v) is 18.0. The van der Waals surface area contributed by atoms with Crippen LogP contribution < -0.4 is 4.74 Å². The van der Waals surface area contributed by atoms with E-state index in [2.05, 4.69) is 4.85 Å². The second kappa shape index (κ2) is 9.15. The Morgan fingerprint density at radius 3 is 1.80 bits per heavy atom. The first kappa shape index (κ1) is 21.6. The third-order valence-corrected chi connectivity index (χ3v) is 7.70. The molecular weight excluding hydrogens is 394 g/mol. The van der Waals surface area contributed by atoms with Crippen molar-refractivity contribution in [2.45, 2.75) is 35.4 Å². The quantitative estimate of drug-likeness (QED) is 0.439. The van der Waals surface area contributed by atoms with E-state index in [1.165, 1.54) is 19.2 Å². The molecule has 0 aliphatic rings. The molecule has 1 unspecified atom stereocenters. The number of benzene rings is 3. The van der Waals surface area contributed by atoms with Crippen molar-refractivity contribution in [2.24, 2.45) is 0 Å². The molecule has 5 heteroatoms. The monoisotopic (exact) mass is 419 g/mol. The van der Waals surface area contributed by atoms with Crippen molar-refractivity contribution in [2.75, 3.05) is 7.11 Å². The molecule has 0 spiro atoms. The van der Waals surface area contributed by atoms with Gasteiger partial charge >= 0.3 is 4.87 Å². The molecule has 0 fully saturated rings. The van der Waals surface area contributed by atoms with Crippen LogP contribution in [-0.4, -0.2) is 20.4 Å². The number of methoxy groups -OCH3 is 1. The minimum Gasteiger partial charge on any atom is -0.497 e. The summed E-state index contributed by atoms with van der Waals surface area (Å²) in [5.74, 6) is -0.0509. The molecule has 3 rings (SSSR count). The van der Waals surface area contributed by atoms with Crippen LogP contribution in [0.1, 0.15) is 36.8 Å². The molecule has 0 heterocycles. The fourth-order valence-electron chi connectivity index (χ4n) is 3.94. The van der Waals surface area contributed by atoms with Gasteiger partial charge in [0.25, 0.3) is 9.84 Å². The number of nitrogens with zero attached hydrogens (tertiary/aromatic N) is 1. The predicted octanol–water partition coefficient (Wildman–Crippen LogP) is 5.72. The molecule has 3 aromatic carbocycles. The summed E-state index contributed by atoms with van der Waals surface area (Å²) in [6, 6.07) is 25.2. The van der Waals surface area contributed by atoms with Crippen LogP contribution in [0.2, 0.25) is 0 Å². The van der Waals surface area contributed by atoms with Crippen molar-refractivity contribution in [1.29, 1.82) is 0 Å². The number of sulfone groups is 1. The summed E-state index contributed by atoms with van der Waals surface area (Å²) in [7, 11) is -2.47. The smallest absolute Gasteiger partial charge is 0.344 e. The summed E-state index contributed by atoms with van der Waals surface area (Å²) in [5.41, 5.74) is 1.62. The van der Waals surface area contributed by atoms with E-state index in [4.69, 9.17) is 11.3 Å². The normalized spacial score (nSPS) is 13.4. The molecule has 0 aliphatic carbocycles. The van der Waals surface area contributed by atoms with E-state index in [9.17, 15) is 8.42 Å². The molecule has 0 saturated heterocycles. The van der Waals surface area contributed by atoms with E-state index in [0.717, 1.165) is 11.1 Å². The zero-order chi connectivity index (χ0) is 21.6. The first-order valence-corrected chi connectivity index (χ1v) is 11.4. The summed E-state index contributed by atoms with van der Waals surface area (Å²) in [4.78, 5) is 2.35. The van der Waals surface area contributed by atoms with Crippen LogP contribution in [0.15, 0.2) is 89.8 Å². The minimum absolute atomic E-state index is 0.129. The lowest BCUT2D eigenvalue weighted by Crippen LogP contribution is -2.42. The van der Waals surface area contributed by atoms with Gasteiger partial charge in [0.2, 0.25) is 0 Å². The lowest BCUT2D eigenvalue weighted by Gasteiger charge is -2.31. The Bertz CT molecular complexity index is 1070. The molecule has 0 aliphatic heterocycles. The zero-order valence-electron chi connectivity index (χ0n) is 17.2. The van der Waals surface area contributed by atoms with Crippen LogP contribution in [-0.2, 0) is 9.84 Å². The molecule has 1 atom stereocenters. The molecular formula is C25H25NO3S. The summed E-state index contributed by atoms with van der Waals surface area (Å²) >= 11 is 0. The highest BCUT2D eigenvalue weighted by Crippen LogP contribution is 2.47. The van der Waals surface area contributed by atoms with Gasteiger partial charge in [-0.1, -0.05) is 67.6 Å². The van der Waals surface area contributed by atoms with Crippen LogP contribution in [0.5, 0.6) is 5.75 Å². The Hall–Kier alpha value is -3.10. The Balaban J connectivity index is 2.29. The topological polar surface area (TPSA) is 47.7 Å². The molecule has 0 aromatic heterocycles. The van der Waals surface area contributed by atoms with Crippen molar-refractivity contribution in [1.82, 2.24) is 0 Å². The Labute approximate surface area is 178 Å². The first-order valence-electron chi connectivity index (χ1n) is 9.87. The molecule has 3 aromatic rings. The standard InChI is InChI=1S/C25H25NO3S/c1-4-19-25(26-2,30(27,28)23-17-15-22(29-3)16-18-23)24(20-11-7-5-8-12-20)21-13-9-6-10-14-21/h5-18,24H,4,19H2,1,3H3. The fourth-order valence-corrected chi connectivity index (χ4v) is 6.01. The molecule has 0 N–H and O–H groups in total. The molecule has 30 heavy (non-hydrogen) atoms. The number of rotatable bonds is 8. The average Bonchev–Trinajstić information content (AvgIpc) is 2.80. The predicted molar refractivity (Wildman–Crippen MR) is 119 cm³/mol. The van der Waals surface area contributed by atoms with Crippen LogP contribution in [0.4, 0.5) is 0 Å². The van der Waals surface area contributed by atoms with Crippen molar-refractivity contribution >= 4 is 9.84 Å². The second-order valence-corrected chi connectivity index (χ2v) is 9.33. The average molecular weight is 420 g/mol. The van der Waals surface area contributed by atoms with Gasteiger partial charge in [-0.2, -0.15) is 0 Å². The Kier molecular flexibility index (Phi) is 6.59. The maximum absolute atomic E-state index is 14.0. The molecule has 4 nitrogen and oxygen atoms in total. The Morgan fingerprint density at radius 2 is 1.40 bits per heavy atom. The van der Waals surface area contributed by atoms with Crippen molar-refractivity contribution < 1.29 is 13.2 Å². The maximum Gasteiger partial charge on any atom is 0.344 e. The van der Waals surface area contributed by atoms with Crippen molar-refractivity contribution in [3.8, 4) is 5.75 Å². The third-order valence-electron chi connectivity index (χ3n) is 5.35. The van der Waals surface area contributed by atoms with Crippen LogP contribution in [0.25, 0.3) is 4.85 Å². The van der Waals surface area contributed by atoms with Gasteiger partial charge in [-0.3, -0.25) is 4.85 Å². The van der Waals surface area contributed by atoms with Gasteiger partial charge in [-0.15, -0.1) is 0 Å². The van der Waals surface area contributed by atoms with Crippen LogP contribution in [0.3, 0.4) is 0 Å². The number of hydrogen-bond acceptors (Lipinski definition) is 3. The highest BCUT2D eigenvalue weighted by atomic mass is 32.2. The van der Waals surface area contributed by atoms with Gasteiger partial charge in [0.15, 0.2) is 0 Å². The van der Waals surface area contributed by atoms with Gasteiger partial charge in [0, 0.05) is 6.42 Å². The molecule has 0 saturated carbocycles. The Morgan fingerprint density at radius 1 is 0.900 bits per heavy atom. The summed E-state index contributed by atoms with van der Waals surface area (Å²) in [6.45, 7) is 10.1. The van der Waals surface area contributed by atoms with E-state index in [1.54, 1.807) is 12.1 Å². The molecule has 0 radical (unpaired) electrons. The van der Waals surface area contributed by atoms with E-state index in [-0.39, 0.29) is 11.3 Å². The van der Waals surface area contributed by atoms with E-state index >= 15 is 0 Å². The lowest BCUT2D eigenvalue weighted by atomic mass is 9.83. The van der Waals surface area contributed by atoms with Crippen molar-refractivity contribution in [3.63, 3.8) is 0 Å². The van der Waals surface area contributed by atoms with Gasteiger partial charge in [0.1, 0.15) is 11.7 Å². The van der Waals surface area contributed by atoms with E-state index in [0.29, 0.717) is 12.2 Å². The highest BCUT2D eigenvalue weighted by Gasteiger charge is 2.58. The van der Waals surface area contributed by atoms with E-state index in [1.807, 2.05) is 67.6 Å². The lowest BCUT2D eigenvalue weighted by molar-refractivity contribution is 0.414. The highest BCUT2D eigenvalue weighted by molar-refractivity contribution is 7.93. The molecule has 0 amide bonds. The second-order valence-electron chi connectivity index (χ2n) is 7.14. The SMILES string of the molecule is [C-]#[N+]C(CCC)(C(c1ccccc1)c1ccccc1)S(=O)(=O)c1ccc(OC)cc1. The molecule has 0 bridgehead atoms. The van der Waals surface area contributed by atoms with Gasteiger partial charge in [0.05, 0.1) is 12.0 Å². The summed E-state index contributed by atoms with van der Waals surface area (Å²) < 4.78 is 33.2. The number of ether oxygens (including phenoxy) is 1. The largest absolute Gasteiger partial charge is 0.497 e. The third kappa shape index (κ3) is 3.83. The van der Waals surface area contributed by atoms with Crippen molar-refractivity contribution in [3.05, 3.63) is 107 Å². The minimum atomic E-state index is -4.01. The van der Waals surface area contributed by atoms with Gasteiger partial charge < -0.3 is 4.74 Å². The fraction of sp³-hybridized carbons (Fsp3) is 0.240. The summed E-state index contributed by atoms with van der Waals surface area (Å²) in [6.07, 6.45) is 0.785.